The number of hydrogen-bond donors (Lipinski definition) is 2. The summed E-state index contributed by atoms with van der Waals surface area (Å²) in [5, 5.41) is 2.99. The van der Waals surface area contributed by atoms with Gasteiger partial charge in [0.15, 0.2) is 11.5 Å². The van der Waals surface area contributed by atoms with Gasteiger partial charge < -0.3 is 24.4 Å². The Bertz CT molecular complexity index is 814. The van der Waals surface area contributed by atoms with Crippen molar-refractivity contribution in [2.75, 3.05) is 34.4 Å². The fraction of sp³-hybridized carbons (Fsp3) is 0.435. The van der Waals surface area contributed by atoms with Crippen LogP contribution in [0, 0.1) is 0 Å². The number of benzene rings is 2. The Morgan fingerprint density at radius 3 is 2.17 bits per heavy atom. The normalized spacial score (nSPS) is 13.9. The van der Waals surface area contributed by atoms with Crippen LogP contribution in [0.25, 0.3) is 0 Å². The van der Waals surface area contributed by atoms with Crippen molar-refractivity contribution in [2.45, 2.75) is 32.4 Å². The molecule has 2 N–H and O–H groups in total. The number of carbonyl (C=O) groups excluding carboxylic acids is 1. The first-order chi connectivity index (χ1) is 14.1. The molecule has 0 aliphatic carbocycles. The highest BCUT2D eigenvalue weighted by Gasteiger charge is 2.18. The van der Waals surface area contributed by atoms with Gasteiger partial charge in [-0.15, -0.1) is 0 Å². The van der Waals surface area contributed by atoms with Crippen LogP contribution in [0.15, 0.2) is 36.4 Å². The molecule has 0 radical (unpaired) electrons. The van der Waals surface area contributed by atoms with E-state index in [9.17, 15) is 4.79 Å². The third kappa shape index (κ3) is 5.41. The summed E-state index contributed by atoms with van der Waals surface area (Å²) in [6, 6.07) is 12.2. The summed E-state index contributed by atoms with van der Waals surface area (Å²) in [5.41, 5.74) is 3.21. The van der Waals surface area contributed by atoms with E-state index in [1.165, 1.54) is 31.5 Å². The van der Waals surface area contributed by atoms with Gasteiger partial charge in [0.1, 0.15) is 6.54 Å². The van der Waals surface area contributed by atoms with Crippen molar-refractivity contribution in [2.24, 2.45) is 0 Å². The molecule has 3 rings (SSSR count). The van der Waals surface area contributed by atoms with Crippen LogP contribution in [-0.2, 0) is 24.3 Å². The molecule has 6 heteroatoms. The van der Waals surface area contributed by atoms with E-state index < -0.39 is 0 Å². The maximum Gasteiger partial charge on any atom is 0.224 e. The highest BCUT2D eigenvalue weighted by molar-refractivity contribution is 5.80. The molecule has 1 aliphatic rings. The molecule has 0 spiro atoms. The minimum Gasteiger partial charge on any atom is -0.493 e. The van der Waals surface area contributed by atoms with Gasteiger partial charge in [-0.1, -0.05) is 30.3 Å². The molecular formula is C23H31N2O4+. The van der Waals surface area contributed by atoms with Crippen LogP contribution in [0.5, 0.6) is 17.2 Å². The van der Waals surface area contributed by atoms with Crippen LogP contribution < -0.4 is 24.4 Å². The van der Waals surface area contributed by atoms with Gasteiger partial charge in [0.05, 0.1) is 40.8 Å². The lowest BCUT2D eigenvalue weighted by atomic mass is 10.1. The Hall–Kier alpha value is -2.73. The van der Waals surface area contributed by atoms with Crippen LogP contribution >= 0.6 is 0 Å². The number of hydrogen-bond acceptors (Lipinski definition) is 4. The van der Waals surface area contributed by atoms with Crippen molar-refractivity contribution >= 4 is 5.91 Å². The minimum atomic E-state index is -0.0684. The van der Waals surface area contributed by atoms with Gasteiger partial charge in [0.2, 0.25) is 11.7 Å². The molecule has 29 heavy (non-hydrogen) atoms. The zero-order valence-electron chi connectivity index (χ0n) is 17.5. The van der Waals surface area contributed by atoms with Crippen molar-refractivity contribution in [3.8, 4) is 17.2 Å². The van der Waals surface area contributed by atoms with E-state index in [0.717, 1.165) is 17.7 Å². The van der Waals surface area contributed by atoms with E-state index in [1.54, 1.807) is 32.3 Å². The summed E-state index contributed by atoms with van der Waals surface area (Å²) in [6.07, 6.45) is 2.88. The summed E-state index contributed by atoms with van der Waals surface area (Å²) < 4.78 is 16.1. The topological polar surface area (TPSA) is 61.2 Å². The molecule has 6 nitrogen and oxygen atoms in total. The summed E-state index contributed by atoms with van der Waals surface area (Å²) in [6.45, 7) is 4.14. The smallest absolute Gasteiger partial charge is 0.224 e. The molecule has 2 aromatic carbocycles. The van der Waals surface area contributed by atoms with Crippen LogP contribution in [0.3, 0.4) is 0 Å². The molecule has 1 heterocycles. The van der Waals surface area contributed by atoms with Crippen LogP contribution in [0.4, 0.5) is 0 Å². The zero-order chi connectivity index (χ0) is 20.6. The molecule has 0 aromatic heterocycles. The first-order valence-electron chi connectivity index (χ1n) is 10.1. The lowest BCUT2D eigenvalue weighted by Gasteiger charge is -2.15. The van der Waals surface area contributed by atoms with Crippen LogP contribution in [0.2, 0.25) is 0 Å². The molecule has 1 saturated heterocycles. The van der Waals surface area contributed by atoms with Crippen molar-refractivity contribution in [3.63, 3.8) is 0 Å². The van der Waals surface area contributed by atoms with E-state index in [1.807, 2.05) is 6.07 Å². The number of amides is 1. The summed E-state index contributed by atoms with van der Waals surface area (Å²) in [5.74, 6) is 1.53. The number of methoxy groups -OCH3 is 3. The second-order valence-electron chi connectivity index (χ2n) is 7.40. The predicted molar refractivity (Wildman–Crippen MR) is 112 cm³/mol. The number of ether oxygens (including phenoxy) is 3. The van der Waals surface area contributed by atoms with Crippen molar-refractivity contribution in [3.05, 3.63) is 53.1 Å². The summed E-state index contributed by atoms with van der Waals surface area (Å²) >= 11 is 0. The monoisotopic (exact) mass is 399 g/mol. The Morgan fingerprint density at radius 1 is 0.897 bits per heavy atom. The van der Waals surface area contributed by atoms with E-state index >= 15 is 0 Å². The summed E-state index contributed by atoms with van der Waals surface area (Å²) in [4.78, 5) is 14.1. The molecule has 0 atom stereocenters. The highest BCUT2D eigenvalue weighted by atomic mass is 16.5. The zero-order valence-corrected chi connectivity index (χ0v) is 17.5. The molecule has 1 aliphatic heterocycles. The predicted octanol–water partition coefficient (Wildman–Crippen LogP) is 1.75. The fourth-order valence-corrected chi connectivity index (χ4v) is 3.85. The second-order valence-corrected chi connectivity index (χ2v) is 7.40. The van der Waals surface area contributed by atoms with Gasteiger partial charge >= 0.3 is 0 Å². The van der Waals surface area contributed by atoms with Crippen molar-refractivity contribution in [1.82, 2.24) is 5.32 Å². The number of quaternary nitrogens is 1. The maximum atomic E-state index is 12.5. The Morgan fingerprint density at radius 2 is 1.55 bits per heavy atom. The molecule has 1 fully saturated rings. The number of carbonyl (C=O) groups is 1. The standard InChI is InChI=1S/C23H30N2O4/c1-27-20-11-10-19(22(28-2)23(20)29-3)14-21(26)24-15-17-6-8-18(9-7-17)16-25-12-4-5-13-25/h6-11H,4-5,12-16H2,1-3H3,(H,24,26)/p+1. The van der Waals surface area contributed by atoms with Gasteiger partial charge in [-0.05, 0) is 11.6 Å². The molecule has 1 amide bonds. The SMILES string of the molecule is COc1ccc(CC(=O)NCc2ccc(C[NH+]3CCCC3)cc2)c(OC)c1OC. The Labute approximate surface area is 172 Å². The Kier molecular flexibility index (Phi) is 7.36. The lowest BCUT2D eigenvalue weighted by molar-refractivity contribution is -0.901. The molecular weight excluding hydrogens is 368 g/mol. The maximum absolute atomic E-state index is 12.5. The molecule has 0 unspecified atom stereocenters. The Balaban J connectivity index is 1.56. The van der Waals surface area contributed by atoms with Crippen LogP contribution in [0.1, 0.15) is 29.5 Å². The number of likely N-dealkylation sites (tertiary alicyclic amines) is 1. The first kappa shape index (κ1) is 21.0. The van der Waals surface area contributed by atoms with E-state index in [4.69, 9.17) is 14.2 Å². The second kappa shape index (κ2) is 10.2. The minimum absolute atomic E-state index is 0.0684. The highest BCUT2D eigenvalue weighted by Crippen LogP contribution is 2.39. The van der Waals surface area contributed by atoms with E-state index in [0.29, 0.717) is 23.8 Å². The van der Waals surface area contributed by atoms with Crippen LogP contribution in [-0.4, -0.2) is 40.3 Å². The summed E-state index contributed by atoms with van der Waals surface area (Å²) in [7, 11) is 4.69. The quantitative estimate of drug-likeness (QED) is 0.675. The van der Waals surface area contributed by atoms with Gasteiger partial charge in [0, 0.05) is 30.5 Å². The largest absolute Gasteiger partial charge is 0.493 e. The van der Waals surface area contributed by atoms with Gasteiger partial charge in [-0.25, -0.2) is 0 Å². The van der Waals surface area contributed by atoms with Gasteiger partial charge in [-0.3, -0.25) is 4.79 Å². The molecule has 0 saturated carbocycles. The van der Waals surface area contributed by atoms with E-state index in [-0.39, 0.29) is 12.3 Å². The fourth-order valence-electron chi connectivity index (χ4n) is 3.85. The third-order valence-corrected chi connectivity index (χ3v) is 5.41. The average molecular weight is 400 g/mol. The average Bonchev–Trinajstić information content (AvgIpc) is 3.25. The molecule has 0 bridgehead atoms. The van der Waals surface area contributed by atoms with Crippen molar-refractivity contribution in [1.29, 1.82) is 0 Å². The molecule has 156 valence electrons. The first-order valence-corrected chi connectivity index (χ1v) is 10.1. The van der Waals surface area contributed by atoms with Gasteiger partial charge in [0.25, 0.3) is 0 Å². The third-order valence-electron chi connectivity index (χ3n) is 5.41. The number of nitrogens with one attached hydrogen (secondary N) is 2. The van der Waals surface area contributed by atoms with Gasteiger partial charge in [-0.2, -0.15) is 0 Å². The molecule has 2 aromatic rings. The number of rotatable bonds is 9. The van der Waals surface area contributed by atoms with Crippen molar-refractivity contribution < 1.29 is 23.9 Å². The van der Waals surface area contributed by atoms with E-state index in [2.05, 4.69) is 29.6 Å². The lowest BCUT2D eigenvalue weighted by Crippen LogP contribution is -3.08.